The van der Waals surface area contributed by atoms with Crippen molar-refractivity contribution in [1.82, 2.24) is 4.90 Å². The first-order valence-corrected chi connectivity index (χ1v) is 6.42. The van der Waals surface area contributed by atoms with Crippen molar-refractivity contribution in [1.29, 1.82) is 0 Å². The van der Waals surface area contributed by atoms with E-state index < -0.39 is 24.5 Å². The van der Waals surface area contributed by atoms with Gasteiger partial charge in [0.15, 0.2) is 6.04 Å². The van der Waals surface area contributed by atoms with E-state index in [1.165, 1.54) is 31.2 Å². The number of aliphatic carboxylic acids is 1. The molecule has 5 nitrogen and oxygen atoms in total. The molecule has 1 amide bonds. The highest BCUT2D eigenvalue weighted by atomic mass is 19.3. The molecule has 116 valence electrons. The summed E-state index contributed by atoms with van der Waals surface area (Å²) in [6.07, 6.45) is 0.543. The maximum absolute atomic E-state index is 12.4. The minimum absolute atomic E-state index is 0.0222. The predicted molar refractivity (Wildman–Crippen MR) is 71.1 cm³/mol. The molecule has 0 saturated carbocycles. The molecule has 0 saturated heterocycles. The van der Waals surface area contributed by atoms with E-state index in [2.05, 4.69) is 4.74 Å². The number of hydrogen-bond donors (Lipinski definition) is 1. The van der Waals surface area contributed by atoms with Crippen LogP contribution >= 0.6 is 0 Å². The molecule has 0 fully saturated rings. The number of carbonyl (C=O) groups is 2. The summed E-state index contributed by atoms with van der Waals surface area (Å²) in [5.74, 6) is -2.00. The van der Waals surface area contributed by atoms with Crippen LogP contribution in [0.1, 0.15) is 31.9 Å². The lowest BCUT2D eigenvalue weighted by Crippen LogP contribution is -2.38. The van der Waals surface area contributed by atoms with E-state index in [-0.39, 0.29) is 17.9 Å². The van der Waals surface area contributed by atoms with Crippen LogP contribution < -0.4 is 4.74 Å². The third kappa shape index (κ3) is 4.40. The predicted octanol–water partition coefficient (Wildman–Crippen LogP) is 2.67. The molecule has 0 bridgehead atoms. The maximum atomic E-state index is 12.4. The summed E-state index contributed by atoms with van der Waals surface area (Å²) in [6.45, 7) is 0.158. The van der Waals surface area contributed by atoms with Gasteiger partial charge in [-0.3, -0.25) is 4.79 Å². The number of carbonyl (C=O) groups excluding carboxylic acids is 1. The zero-order valence-electron chi connectivity index (χ0n) is 11.8. The van der Waals surface area contributed by atoms with Crippen LogP contribution in [-0.4, -0.2) is 35.0 Å². The Morgan fingerprint density at radius 3 is 2.43 bits per heavy atom. The SMILES string of the molecule is CCCN(C(C)=O)C(C(=O)O)c1ccccc1OC(F)F. The number of benzene rings is 1. The van der Waals surface area contributed by atoms with Crippen LogP contribution in [0.4, 0.5) is 8.78 Å². The Labute approximate surface area is 121 Å². The molecule has 0 aliphatic carbocycles. The van der Waals surface area contributed by atoms with Gasteiger partial charge < -0.3 is 14.7 Å². The number of alkyl halides is 2. The van der Waals surface area contributed by atoms with Crippen LogP contribution in [0, 0.1) is 0 Å². The molecule has 21 heavy (non-hydrogen) atoms. The number of nitrogens with zero attached hydrogens (tertiary/aromatic N) is 1. The van der Waals surface area contributed by atoms with E-state index in [9.17, 15) is 23.5 Å². The summed E-state index contributed by atoms with van der Waals surface area (Å²) in [4.78, 5) is 24.3. The van der Waals surface area contributed by atoms with Crippen LogP contribution in [0.3, 0.4) is 0 Å². The molecule has 1 aromatic carbocycles. The maximum Gasteiger partial charge on any atom is 0.387 e. The quantitative estimate of drug-likeness (QED) is 0.841. The van der Waals surface area contributed by atoms with E-state index in [1.54, 1.807) is 6.92 Å². The van der Waals surface area contributed by atoms with Crippen molar-refractivity contribution in [2.24, 2.45) is 0 Å². The van der Waals surface area contributed by atoms with Crippen molar-refractivity contribution in [2.45, 2.75) is 32.9 Å². The summed E-state index contributed by atoms with van der Waals surface area (Å²) in [5.41, 5.74) is 0.0222. The number of carboxylic acids is 1. The summed E-state index contributed by atoms with van der Waals surface area (Å²) < 4.78 is 29.2. The topological polar surface area (TPSA) is 66.8 Å². The lowest BCUT2D eigenvalue weighted by atomic mass is 10.0. The Hall–Kier alpha value is -2.18. The van der Waals surface area contributed by atoms with Crippen molar-refractivity contribution in [3.05, 3.63) is 29.8 Å². The minimum Gasteiger partial charge on any atom is -0.479 e. The fourth-order valence-electron chi connectivity index (χ4n) is 2.05. The third-order valence-corrected chi connectivity index (χ3v) is 2.84. The minimum atomic E-state index is -3.07. The number of hydrogen-bond acceptors (Lipinski definition) is 3. The van der Waals surface area contributed by atoms with Crippen molar-refractivity contribution < 1.29 is 28.2 Å². The first-order valence-electron chi connectivity index (χ1n) is 6.42. The van der Waals surface area contributed by atoms with Crippen molar-refractivity contribution in [3.8, 4) is 5.75 Å². The Morgan fingerprint density at radius 1 is 1.33 bits per heavy atom. The largest absolute Gasteiger partial charge is 0.479 e. The molecule has 1 aromatic rings. The second-order valence-corrected chi connectivity index (χ2v) is 4.37. The molecule has 1 unspecified atom stereocenters. The van der Waals surface area contributed by atoms with Gasteiger partial charge in [0.1, 0.15) is 5.75 Å². The molecule has 7 heteroatoms. The number of carboxylic acid groups (broad SMARTS) is 1. The number of halogens is 2. The lowest BCUT2D eigenvalue weighted by molar-refractivity contribution is -0.150. The second-order valence-electron chi connectivity index (χ2n) is 4.37. The summed E-state index contributed by atoms with van der Waals surface area (Å²) in [5, 5.41) is 9.39. The van der Waals surface area contributed by atoms with Gasteiger partial charge >= 0.3 is 12.6 Å². The van der Waals surface area contributed by atoms with E-state index >= 15 is 0 Å². The molecule has 1 rings (SSSR count). The van der Waals surface area contributed by atoms with E-state index in [4.69, 9.17) is 0 Å². The lowest BCUT2D eigenvalue weighted by Gasteiger charge is -2.29. The second kappa shape index (κ2) is 7.56. The molecule has 0 aliphatic heterocycles. The standard InChI is InChI=1S/C14H17F2NO4/c1-3-8-17(9(2)18)12(13(19)20)10-6-4-5-7-11(10)21-14(15)16/h4-7,12,14H,3,8H2,1-2H3,(H,19,20). The van der Waals surface area contributed by atoms with Gasteiger partial charge in [-0.15, -0.1) is 0 Å². The van der Waals surface area contributed by atoms with Crippen molar-refractivity contribution in [3.63, 3.8) is 0 Å². The van der Waals surface area contributed by atoms with Crippen molar-refractivity contribution >= 4 is 11.9 Å². The zero-order chi connectivity index (χ0) is 16.0. The summed E-state index contributed by atoms with van der Waals surface area (Å²) in [6, 6.07) is 4.22. The van der Waals surface area contributed by atoms with E-state index in [1.807, 2.05) is 0 Å². The number of amides is 1. The number of para-hydroxylation sites is 1. The molecular weight excluding hydrogens is 284 g/mol. The average molecular weight is 301 g/mol. The summed E-state index contributed by atoms with van der Waals surface area (Å²) in [7, 11) is 0. The Bertz CT molecular complexity index is 508. The van der Waals surface area contributed by atoms with Crippen LogP contribution in [0.15, 0.2) is 24.3 Å². The molecule has 1 N–H and O–H groups in total. The fraction of sp³-hybridized carbons (Fsp3) is 0.429. The Balaban J connectivity index is 3.28. The van der Waals surface area contributed by atoms with E-state index in [0.717, 1.165) is 4.90 Å². The molecule has 0 aromatic heterocycles. The molecular formula is C14H17F2NO4. The third-order valence-electron chi connectivity index (χ3n) is 2.84. The van der Waals surface area contributed by atoms with Crippen LogP contribution in [0.5, 0.6) is 5.75 Å². The monoisotopic (exact) mass is 301 g/mol. The average Bonchev–Trinajstić information content (AvgIpc) is 2.38. The first-order chi connectivity index (χ1) is 9.88. The highest BCUT2D eigenvalue weighted by Crippen LogP contribution is 2.31. The van der Waals surface area contributed by atoms with Gasteiger partial charge in [-0.2, -0.15) is 8.78 Å². The van der Waals surface area contributed by atoms with E-state index in [0.29, 0.717) is 6.42 Å². The highest BCUT2D eigenvalue weighted by Gasteiger charge is 2.31. The first kappa shape index (κ1) is 16.9. The van der Waals surface area contributed by atoms with Crippen LogP contribution in [0.25, 0.3) is 0 Å². The van der Waals surface area contributed by atoms with Crippen molar-refractivity contribution in [2.75, 3.05) is 6.54 Å². The zero-order valence-corrected chi connectivity index (χ0v) is 11.8. The van der Waals surface area contributed by atoms with Gasteiger partial charge in [0.25, 0.3) is 0 Å². The van der Waals surface area contributed by atoms with Gasteiger partial charge in [-0.05, 0) is 12.5 Å². The molecule has 0 radical (unpaired) electrons. The number of rotatable bonds is 7. The normalized spacial score (nSPS) is 12.0. The smallest absolute Gasteiger partial charge is 0.387 e. The van der Waals surface area contributed by atoms with Gasteiger partial charge in [0.2, 0.25) is 5.91 Å². The molecule has 1 atom stereocenters. The van der Waals surface area contributed by atoms with Gasteiger partial charge in [-0.25, -0.2) is 4.79 Å². The molecule has 0 heterocycles. The van der Waals surface area contributed by atoms with Crippen LogP contribution in [-0.2, 0) is 9.59 Å². The number of ether oxygens (including phenoxy) is 1. The van der Waals surface area contributed by atoms with Crippen LogP contribution in [0.2, 0.25) is 0 Å². The van der Waals surface area contributed by atoms with Gasteiger partial charge in [0, 0.05) is 19.0 Å². The molecule has 0 aliphatic rings. The van der Waals surface area contributed by atoms with Gasteiger partial charge in [-0.1, -0.05) is 25.1 Å². The Kier molecular flexibility index (Phi) is 6.08. The Morgan fingerprint density at radius 2 is 1.95 bits per heavy atom. The fourth-order valence-corrected chi connectivity index (χ4v) is 2.05. The highest BCUT2D eigenvalue weighted by molar-refractivity contribution is 5.84. The molecule has 0 spiro atoms. The summed E-state index contributed by atoms with van der Waals surface area (Å²) >= 11 is 0. The van der Waals surface area contributed by atoms with Gasteiger partial charge in [0.05, 0.1) is 0 Å².